The van der Waals surface area contributed by atoms with Gasteiger partial charge in [-0.15, -0.1) is 0 Å². The lowest BCUT2D eigenvalue weighted by molar-refractivity contribution is 0.206. The van der Waals surface area contributed by atoms with E-state index in [4.69, 9.17) is 5.73 Å². The van der Waals surface area contributed by atoms with Gasteiger partial charge < -0.3 is 11.1 Å². The fraction of sp³-hybridized carbons (Fsp3) is 0.375. The standard InChI is InChI=1S/C16H21N3/c17-8-10-19-11-9-18-16(12-19)15-7-3-5-13-4-1-2-6-14(13)15/h1-7,16,18H,8-12,17H2. The van der Waals surface area contributed by atoms with Gasteiger partial charge in [0, 0.05) is 38.8 Å². The zero-order valence-corrected chi connectivity index (χ0v) is 11.2. The smallest absolute Gasteiger partial charge is 0.0455 e. The van der Waals surface area contributed by atoms with E-state index in [1.165, 1.54) is 16.3 Å². The van der Waals surface area contributed by atoms with Crippen molar-refractivity contribution in [1.29, 1.82) is 0 Å². The summed E-state index contributed by atoms with van der Waals surface area (Å²) in [6, 6.07) is 15.6. The first-order chi connectivity index (χ1) is 9.38. The molecule has 100 valence electrons. The van der Waals surface area contributed by atoms with Crippen molar-refractivity contribution in [2.24, 2.45) is 5.73 Å². The zero-order valence-electron chi connectivity index (χ0n) is 11.2. The SMILES string of the molecule is NCCN1CCNC(c2cccc3ccccc23)C1. The van der Waals surface area contributed by atoms with E-state index >= 15 is 0 Å². The summed E-state index contributed by atoms with van der Waals surface area (Å²) < 4.78 is 0. The number of rotatable bonds is 3. The van der Waals surface area contributed by atoms with Crippen molar-refractivity contribution < 1.29 is 0 Å². The highest BCUT2D eigenvalue weighted by Gasteiger charge is 2.21. The summed E-state index contributed by atoms with van der Waals surface area (Å²) in [5.41, 5.74) is 7.07. The van der Waals surface area contributed by atoms with Gasteiger partial charge >= 0.3 is 0 Å². The van der Waals surface area contributed by atoms with Crippen molar-refractivity contribution in [2.45, 2.75) is 6.04 Å². The molecule has 1 atom stereocenters. The van der Waals surface area contributed by atoms with E-state index in [2.05, 4.69) is 52.7 Å². The molecule has 2 aromatic carbocycles. The Bertz CT molecular complexity index is 545. The van der Waals surface area contributed by atoms with E-state index in [9.17, 15) is 0 Å². The molecule has 3 rings (SSSR count). The fourth-order valence-corrected chi connectivity index (χ4v) is 2.96. The van der Waals surface area contributed by atoms with Gasteiger partial charge in [-0.1, -0.05) is 42.5 Å². The van der Waals surface area contributed by atoms with E-state index < -0.39 is 0 Å². The third kappa shape index (κ3) is 2.63. The van der Waals surface area contributed by atoms with Gasteiger partial charge in [0.2, 0.25) is 0 Å². The highest BCUT2D eigenvalue weighted by molar-refractivity contribution is 5.86. The van der Waals surface area contributed by atoms with Crippen LogP contribution in [0.15, 0.2) is 42.5 Å². The molecule has 1 heterocycles. The van der Waals surface area contributed by atoms with Gasteiger partial charge in [-0.3, -0.25) is 4.90 Å². The van der Waals surface area contributed by atoms with Crippen LogP contribution in [0.4, 0.5) is 0 Å². The second kappa shape index (κ2) is 5.70. The molecule has 1 fully saturated rings. The van der Waals surface area contributed by atoms with Crippen molar-refractivity contribution in [2.75, 3.05) is 32.7 Å². The third-order valence-corrected chi connectivity index (χ3v) is 3.90. The van der Waals surface area contributed by atoms with Crippen LogP contribution in [-0.2, 0) is 0 Å². The summed E-state index contributed by atoms with van der Waals surface area (Å²) in [6.45, 7) is 4.91. The third-order valence-electron chi connectivity index (χ3n) is 3.90. The van der Waals surface area contributed by atoms with Crippen LogP contribution in [0.25, 0.3) is 10.8 Å². The van der Waals surface area contributed by atoms with Crippen molar-refractivity contribution in [3.63, 3.8) is 0 Å². The van der Waals surface area contributed by atoms with Crippen LogP contribution in [-0.4, -0.2) is 37.6 Å². The largest absolute Gasteiger partial charge is 0.329 e. The Labute approximate surface area is 114 Å². The summed E-state index contributed by atoms with van der Waals surface area (Å²) in [4.78, 5) is 2.45. The lowest BCUT2D eigenvalue weighted by Crippen LogP contribution is -2.47. The number of nitrogens with one attached hydrogen (secondary N) is 1. The molecule has 0 aliphatic carbocycles. The quantitative estimate of drug-likeness (QED) is 0.878. The summed E-state index contributed by atoms with van der Waals surface area (Å²) in [5, 5.41) is 6.31. The van der Waals surface area contributed by atoms with Crippen LogP contribution in [0.5, 0.6) is 0 Å². The number of hydrogen-bond donors (Lipinski definition) is 2. The molecule has 0 spiro atoms. The predicted molar refractivity (Wildman–Crippen MR) is 80.2 cm³/mol. The second-order valence-electron chi connectivity index (χ2n) is 5.16. The summed E-state index contributed by atoms with van der Waals surface area (Å²) >= 11 is 0. The molecule has 0 saturated carbocycles. The molecule has 0 radical (unpaired) electrons. The Morgan fingerprint density at radius 3 is 2.89 bits per heavy atom. The average Bonchev–Trinajstić information content (AvgIpc) is 2.47. The van der Waals surface area contributed by atoms with Crippen LogP contribution in [0.2, 0.25) is 0 Å². The van der Waals surface area contributed by atoms with Crippen molar-refractivity contribution in [3.8, 4) is 0 Å². The van der Waals surface area contributed by atoms with Gasteiger partial charge in [0.05, 0.1) is 0 Å². The van der Waals surface area contributed by atoms with E-state index in [0.29, 0.717) is 6.04 Å². The highest BCUT2D eigenvalue weighted by atomic mass is 15.2. The number of benzene rings is 2. The molecule has 2 aromatic rings. The van der Waals surface area contributed by atoms with E-state index in [-0.39, 0.29) is 0 Å². The van der Waals surface area contributed by atoms with Crippen molar-refractivity contribution >= 4 is 10.8 Å². The zero-order chi connectivity index (χ0) is 13.1. The molecule has 0 aromatic heterocycles. The summed E-state index contributed by atoms with van der Waals surface area (Å²) in [5.74, 6) is 0. The predicted octanol–water partition coefficient (Wildman–Crippen LogP) is 1.74. The number of nitrogens with two attached hydrogens (primary N) is 1. The Morgan fingerprint density at radius 2 is 2.00 bits per heavy atom. The Balaban J connectivity index is 1.91. The molecule has 1 saturated heterocycles. The van der Waals surface area contributed by atoms with Crippen LogP contribution in [0.1, 0.15) is 11.6 Å². The van der Waals surface area contributed by atoms with Gasteiger partial charge in [-0.25, -0.2) is 0 Å². The maximum Gasteiger partial charge on any atom is 0.0455 e. The lowest BCUT2D eigenvalue weighted by atomic mass is 9.97. The van der Waals surface area contributed by atoms with E-state index in [0.717, 1.165) is 32.7 Å². The summed E-state index contributed by atoms with van der Waals surface area (Å²) in [6.07, 6.45) is 0. The molecule has 3 heteroatoms. The van der Waals surface area contributed by atoms with Gasteiger partial charge in [-0.05, 0) is 16.3 Å². The topological polar surface area (TPSA) is 41.3 Å². The van der Waals surface area contributed by atoms with Crippen molar-refractivity contribution in [1.82, 2.24) is 10.2 Å². The van der Waals surface area contributed by atoms with Gasteiger partial charge in [-0.2, -0.15) is 0 Å². The molecule has 1 unspecified atom stereocenters. The Morgan fingerprint density at radius 1 is 1.16 bits per heavy atom. The number of piperazine rings is 1. The minimum absolute atomic E-state index is 0.409. The molecular weight excluding hydrogens is 234 g/mol. The van der Waals surface area contributed by atoms with Crippen molar-refractivity contribution in [3.05, 3.63) is 48.0 Å². The lowest BCUT2D eigenvalue weighted by Gasteiger charge is -2.34. The van der Waals surface area contributed by atoms with Crippen LogP contribution >= 0.6 is 0 Å². The molecular formula is C16H21N3. The average molecular weight is 255 g/mol. The first kappa shape index (κ1) is 12.6. The highest BCUT2D eigenvalue weighted by Crippen LogP contribution is 2.26. The van der Waals surface area contributed by atoms with Gasteiger partial charge in [0.25, 0.3) is 0 Å². The molecule has 3 N–H and O–H groups in total. The van der Waals surface area contributed by atoms with Crippen LogP contribution in [0.3, 0.4) is 0 Å². The first-order valence-corrected chi connectivity index (χ1v) is 7.02. The van der Waals surface area contributed by atoms with Gasteiger partial charge in [0.1, 0.15) is 0 Å². The molecule has 1 aliphatic rings. The van der Waals surface area contributed by atoms with Crippen LogP contribution < -0.4 is 11.1 Å². The fourth-order valence-electron chi connectivity index (χ4n) is 2.96. The monoisotopic (exact) mass is 255 g/mol. The molecule has 3 nitrogen and oxygen atoms in total. The number of fused-ring (bicyclic) bond motifs is 1. The normalized spacial score (nSPS) is 20.8. The minimum Gasteiger partial charge on any atom is -0.329 e. The number of hydrogen-bond acceptors (Lipinski definition) is 3. The number of nitrogens with zero attached hydrogens (tertiary/aromatic N) is 1. The van der Waals surface area contributed by atoms with E-state index in [1.807, 2.05) is 0 Å². The minimum atomic E-state index is 0.409. The molecule has 1 aliphatic heterocycles. The molecule has 0 bridgehead atoms. The molecule has 19 heavy (non-hydrogen) atoms. The summed E-state index contributed by atoms with van der Waals surface area (Å²) in [7, 11) is 0. The first-order valence-electron chi connectivity index (χ1n) is 7.02. The second-order valence-corrected chi connectivity index (χ2v) is 5.16. The van der Waals surface area contributed by atoms with Crippen LogP contribution in [0, 0.1) is 0 Å². The Kier molecular flexibility index (Phi) is 3.78. The van der Waals surface area contributed by atoms with E-state index in [1.54, 1.807) is 0 Å². The maximum absolute atomic E-state index is 5.67. The Hall–Kier alpha value is -1.42. The van der Waals surface area contributed by atoms with Gasteiger partial charge in [0.15, 0.2) is 0 Å². The maximum atomic E-state index is 5.67. The molecule has 0 amide bonds.